The average Bonchev–Trinajstić information content (AvgIpc) is 3.62. The van der Waals surface area contributed by atoms with Gasteiger partial charge in [0.2, 0.25) is 0 Å². The van der Waals surface area contributed by atoms with Crippen LogP contribution in [0.4, 0.5) is 0 Å². The van der Waals surface area contributed by atoms with Crippen molar-refractivity contribution in [2.24, 2.45) is 0 Å². The van der Waals surface area contributed by atoms with Crippen LogP contribution in [0.3, 0.4) is 0 Å². The van der Waals surface area contributed by atoms with Crippen molar-refractivity contribution < 1.29 is 0 Å². The zero-order valence-electron chi connectivity index (χ0n) is 21.0. The highest BCUT2D eigenvalue weighted by Gasteiger charge is 2.18. The van der Waals surface area contributed by atoms with Gasteiger partial charge in [0.25, 0.3) is 0 Å². The number of hydrogen-bond acceptors (Lipinski definition) is 1. The van der Waals surface area contributed by atoms with Crippen molar-refractivity contribution in [3.63, 3.8) is 0 Å². The summed E-state index contributed by atoms with van der Waals surface area (Å²) in [5.74, 6) is 0. The molecule has 3 aromatic heterocycles. The highest BCUT2D eigenvalue weighted by molar-refractivity contribution is 7.26. The Bertz CT molecular complexity index is 2200. The summed E-state index contributed by atoms with van der Waals surface area (Å²) in [6.45, 7) is 0. The summed E-state index contributed by atoms with van der Waals surface area (Å²) in [6, 6.07) is 48.6. The Balaban J connectivity index is 1.43. The molecule has 2 nitrogen and oxygen atoms in total. The highest BCUT2D eigenvalue weighted by atomic mass is 32.1. The Hall–Kier alpha value is -4.86. The van der Waals surface area contributed by atoms with Crippen LogP contribution in [-0.2, 0) is 0 Å². The summed E-state index contributed by atoms with van der Waals surface area (Å²) in [6.07, 6.45) is 0. The molecule has 0 N–H and O–H groups in total. The van der Waals surface area contributed by atoms with Gasteiger partial charge in [0.1, 0.15) is 0 Å². The normalized spacial score (nSPS) is 12.1. The number of fused-ring (bicyclic) bond motifs is 9. The van der Waals surface area contributed by atoms with E-state index < -0.39 is 0 Å². The number of thiophene rings is 1. The third kappa shape index (κ3) is 2.91. The molecular weight excluding hydrogens is 492 g/mol. The van der Waals surface area contributed by atoms with E-state index >= 15 is 0 Å². The number of hydrogen-bond donors (Lipinski definition) is 0. The summed E-state index contributed by atoms with van der Waals surface area (Å²) in [4.78, 5) is 0. The molecule has 0 unspecified atom stereocenters. The Morgan fingerprint density at radius 1 is 0.333 bits per heavy atom. The van der Waals surface area contributed by atoms with Gasteiger partial charge in [0, 0.05) is 53.1 Å². The van der Waals surface area contributed by atoms with Gasteiger partial charge in [-0.15, -0.1) is 11.3 Å². The minimum atomic E-state index is 1.19. The highest BCUT2D eigenvalue weighted by Crippen LogP contribution is 2.43. The van der Waals surface area contributed by atoms with E-state index in [0.717, 1.165) is 0 Å². The zero-order chi connectivity index (χ0) is 25.5. The van der Waals surface area contributed by atoms with Crippen molar-refractivity contribution in [3.05, 3.63) is 133 Å². The molecule has 3 heterocycles. The van der Waals surface area contributed by atoms with E-state index in [1.54, 1.807) is 0 Å². The SMILES string of the molecule is c1ccc(-n2c3ccccc3c3cc4sc5cc6c7ccccc7n(-c7ccccc7)c6cc5c4cc32)cc1. The molecule has 0 bridgehead atoms. The van der Waals surface area contributed by atoms with E-state index in [1.165, 1.54) is 75.2 Å². The van der Waals surface area contributed by atoms with Crippen molar-refractivity contribution in [3.8, 4) is 11.4 Å². The predicted octanol–water partition coefficient (Wildman–Crippen LogP) is 10.2. The first kappa shape index (κ1) is 21.1. The first-order chi connectivity index (χ1) is 19.3. The maximum atomic E-state index is 2.41. The molecular formula is C36H22N2S. The second kappa shape index (κ2) is 7.83. The van der Waals surface area contributed by atoms with Gasteiger partial charge in [-0.1, -0.05) is 72.8 Å². The Labute approximate surface area is 228 Å². The minimum absolute atomic E-state index is 1.19. The smallest absolute Gasteiger partial charge is 0.0548 e. The van der Waals surface area contributed by atoms with E-state index in [0.29, 0.717) is 0 Å². The summed E-state index contributed by atoms with van der Waals surface area (Å²) in [7, 11) is 0. The molecule has 0 saturated heterocycles. The molecule has 6 aromatic carbocycles. The maximum absolute atomic E-state index is 2.41. The minimum Gasteiger partial charge on any atom is -0.309 e. The summed E-state index contributed by atoms with van der Waals surface area (Å²) < 4.78 is 7.48. The average molecular weight is 515 g/mol. The molecule has 0 atom stereocenters. The fourth-order valence-electron chi connectivity index (χ4n) is 6.41. The van der Waals surface area contributed by atoms with Crippen molar-refractivity contribution in [1.82, 2.24) is 9.13 Å². The van der Waals surface area contributed by atoms with Crippen LogP contribution in [0.5, 0.6) is 0 Å². The zero-order valence-corrected chi connectivity index (χ0v) is 21.8. The maximum Gasteiger partial charge on any atom is 0.0548 e. The summed E-state index contributed by atoms with van der Waals surface area (Å²) in [5, 5.41) is 7.82. The number of rotatable bonds is 2. The molecule has 0 spiro atoms. The van der Waals surface area contributed by atoms with Crippen molar-refractivity contribution >= 4 is 75.1 Å². The van der Waals surface area contributed by atoms with Crippen LogP contribution in [-0.4, -0.2) is 9.13 Å². The van der Waals surface area contributed by atoms with Crippen LogP contribution in [0.2, 0.25) is 0 Å². The van der Waals surface area contributed by atoms with Gasteiger partial charge < -0.3 is 9.13 Å². The van der Waals surface area contributed by atoms with Gasteiger partial charge in [0.05, 0.1) is 22.1 Å². The third-order valence-corrected chi connectivity index (χ3v) is 9.20. The lowest BCUT2D eigenvalue weighted by Gasteiger charge is -2.08. The van der Waals surface area contributed by atoms with Crippen molar-refractivity contribution in [1.29, 1.82) is 0 Å². The van der Waals surface area contributed by atoms with Crippen molar-refractivity contribution in [2.75, 3.05) is 0 Å². The van der Waals surface area contributed by atoms with Gasteiger partial charge in [-0.2, -0.15) is 0 Å². The molecule has 0 amide bonds. The molecule has 0 aliphatic heterocycles. The van der Waals surface area contributed by atoms with Gasteiger partial charge in [0.15, 0.2) is 0 Å². The molecule has 3 heteroatoms. The molecule has 9 rings (SSSR count). The fourth-order valence-corrected chi connectivity index (χ4v) is 7.56. The van der Waals surface area contributed by atoms with E-state index in [9.17, 15) is 0 Å². The molecule has 0 aliphatic carbocycles. The lowest BCUT2D eigenvalue weighted by atomic mass is 10.1. The predicted molar refractivity (Wildman–Crippen MR) is 168 cm³/mol. The van der Waals surface area contributed by atoms with Crippen molar-refractivity contribution in [2.45, 2.75) is 0 Å². The molecule has 0 aliphatic rings. The van der Waals surface area contributed by atoms with Crippen LogP contribution >= 0.6 is 11.3 Å². The van der Waals surface area contributed by atoms with Crippen LogP contribution in [0, 0.1) is 0 Å². The van der Waals surface area contributed by atoms with Crippen LogP contribution in [0.15, 0.2) is 133 Å². The molecule has 39 heavy (non-hydrogen) atoms. The first-order valence-corrected chi connectivity index (χ1v) is 14.1. The third-order valence-electron chi connectivity index (χ3n) is 8.09. The second-order valence-corrected chi connectivity index (χ2v) is 11.3. The lowest BCUT2D eigenvalue weighted by molar-refractivity contribution is 1.18. The number of benzene rings is 6. The number of para-hydroxylation sites is 4. The Morgan fingerprint density at radius 3 is 1.21 bits per heavy atom. The summed E-state index contributed by atoms with van der Waals surface area (Å²) in [5.41, 5.74) is 7.36. The topological polar surface area (TPSA) is 9.86 Å². The van der Waals surface area contributed by atoms with E-state index in [1.807, 2.05) is 11.3 Å². The molecule has 0 radical (unpaired) electrons. The number of nitrogens with zero attached hydrogens (tertiary/aromatic N) is 2. The molecule has 0 fully saturated rings. The van der Waals surface area contributed by atoms with Crippen LogP contribution in [0.25, 0.3) is 75.2 Å². The van der Waals surface area contributed by atoms with Gasteiger partial charge in [-0.25, -0.2) is 0 Å². The Kier molecular flexibility index (Phi) is 4.24. The van der Waals surface area contributed by atoms with Gasteiger partial charge >= 0.3 is 0 Å². The molecule has 9 aromatic rings. The Morgan fingerprint density at radius 2 is 0.744 bits per heavy atom. The van der Waals surface area contributed by atoms with E-state index in [2.05, 4.69) is 143 Å². The van der Waals surface area contributed by atoms with Crippen LogP contribution < -0.4 is 0 Å². The van der Waals surface area contributed by atoms with E-state index in [4.69, 9.17) is 0 Å². The largest absolute Gasteiger partial charge is 0.309 e. The monoisotopic (exact) mass is 514 g/mol. The quantitative estimate of drug-likeness (QED) is 0.217. The lowest BCUT2D eigenvalue weighted by Crippen LogP contribution is -1.93. The fraction of sp³-hybridized carbons (Fsp3) is 0. The van der Waals surface area contributed by atoms with Gasteiger partial charge in [-0.3, -0.25) is 0 Å². The van der Waals surface area contributed by atoms with E-state index in [-0.39, 0.29) is 0 Å². The number of aromatic nitrogens is 2. The molecule has 0 saturated carbocycles. The van der Waals surface area contributed by atoms with Gasteiger partial charge in [-0.05, 0) is 60.7 Å². The molecule has 182 valence electrons. The summed E-state index contributed by atoms with van der Waals surface area (Å²) >= 11 is 1.90. The second-order valence-electron chi connectivity index (χ2n) is 10.2. The standard InChI is InChI=1S/C36H22N2S/c1-3-11-23(12-4-1)37-31-17-9-7-15-25(31)27-21-35-29(19-33(27)37)30-20-34-28(22-36(30)39-35)26-16-8-10-18-32(26)38(34)24-13-5-2-6-14-24/h1-22H. The first-order valence-electron chi connectivity index (χ1n) is 13.3. The van der Waals surface area contributed by atoms with Crippen LogP contribution in [0.1, 0.15) is 0 Å².